The predicted octanol–water partition coefficient (Wildman–Crippen LogP) is 3.31. The van der Waals surface area contributed by atoms with Crippen LogP contribution in [0, 0.1) is 0 Å². The van der Waals surface area contributed by atoms with Crippen molar-refractivity contribution < 1.29 is 4.79 Å². The van der Waals surface area contributed by atoms with E-state index in [9.17, 15) is 4.79 Å². The van der Waals surface area contributed by atoms with Gasteiger partial charge in [0.15, 0.2) is 0 Å². The van der Waals surface area contributed by atoms with Crippen LogP contribution in [0.15, 0.2) is 53.7 Å². The largest absolute Gasteiger partial charge is 0.326 e. The fraction of sp³-hybridized carbons (Fsp3) is 0.294. The molecule has 0 unspecified atom stereocenters. The van der Waals surface area contributed by atoms with Crippen molar-refractivity contribution in [2.24, 2.45) is 0 Å². The lowest BCUT2D eigenvalue weighted by Crippen LogP contribution is -2.15. The molecule has 0 aliphatic heterocycles. The van der Waals surface area contributed by atoms with Gasteiger partial charge in [-0.3, -0.25) is 9.78 Å². The summed E-state index contributed by atoms with van der Waals surface area (Å²) in [6, 6.07) is 12.0. The van der Waals surface area contributed by atoms with Gasteiger partial charge in [-0.15, -0.1) is 11.8 Å². The third-order valence-corrected chi connectivity index (χ3v) is 4.18. The van der Waals surface area contributed by atoms with E-state index in [0.29, 0.717) is 6.42 Å². The Morgan fingerprint density at radius 3 is 2.73 bits per heavy atom. The van der Waals surface area contributed by atoms with E-state index in [1.54, 1.807) is 18.0 Å². The van der Waals surface area contributed by atoms with Gasteiger partial charge in [0.2, 0.25) is 5.91 Å². The maximum absolute atomic E-state index is 11.7. The van der Waals surface area contributed by atoms with E-state index in [-0.39, 0.29) is 5.91 Å². The zero-order chi connectivity index (χ0) is 15.6. The smallest absolute Gasteiger partial charge is 0.224 e. The van der Waals surface area contributed by atoms with Gasteiger partial charge in [-0.1, -0.05) is 6.07 Å². The van der Waals surface area contributed by atoms with Gasteiger partial charge in [0.05, 0.1) is 0 Å². The maximum atomic E-state index is 11.7. The Balaban J connectivity index is 1.79. The molecule has 0 radical (unpaired) electrons. The number of benzene rings is 1. The van der Waals surface area contributed by atoms with Gasteiger partial charge >= 0.3 is 0 Å². The first-order valence-electron chi connectivity index (χ1n) is 7.34. The molecule has 5 heteroatoms. The number of carbonyl (C=O) groups is 1. The lowest BCUT2D eigenvalue weighted by atomic mass is 10.2. The Labute approximate surface area is 135 Å². The molecule has 1 aromatic carbocycles. The molecule has 4 nitrogen and oxygen atoms in total. The normalized spacial score (nSPS) is 10.4. The standard InChI is InChI=1S/C17H21N3OS/c1-18-10-3-5-17(21)20-15-6-8-16(9-7-15)22-13-14-4-2-11-19-12-14/h2,4,6-9,11-12,18H,3,5,10,13H2,1H3,(H,20,21). The molecule has 116 valence electrons. The number of anilines is 1. The average molecular weight is 315 g/mol. The first-order valence-corrected chi connectivity index (χ1v) is 8.32. The Bertz CT molecular complexity index is 572. The van der Waals surface area contributed by atoms with Gasteiger partial charge in [0, 0.05) is 35.2 Å². The summed E-state index contributed by atoms with van der Waals surface area (Å²) in [6.07, 6.45) is 5.05. The van der Waals surface area contributed by atoms with Crippen LogP contribution >= 0.6 is 11.8 Å². The minimum absolute atomic E-state index is 0.0611. The molecule has 0 aliphatic rings. The number of amides is 1. The van der Waals surface area contributed by atoms with Crippen molar-refractivity contribution in [2.75, 3.05) is 18.9 Å². The monoisotopic (exact) mass is 315 g/mol. The molecule has 0 atom stereocenters. The van der Waals surface area contributed by atoms with Crippen LogP contribution in [0.2, 0.25) is 0 Å². The van der Waals surface area contributed by atoms with E-state index in [2.05, 4.69) is 21.7 Å². The summed E-state index contributed by atoms with van der Waals surface area (Å²) < 4.78 is 0. The molecule has 0 saturated carbocycles. The van der Waals surface area contributed by atoms with Crippen LogP contribution < -0.4 is 10.6 Å². The lowest BCUT2D eigenvalue weighted by molar-refractivity contribution is -0.116. The molecule has 2 N–H and O–H groups in total. The van der Waals surface area contributed by atoms with E-state index in [1.165, 1.54) is 10.5 Å². The highest BCUT2D eigenvalue weighted by atomic mass is 32.2. The number of hydrogen-bond donors (Lipinski definition) is 2. The lowest BCUT2D eigenvalue weighted by Gasteiger charge is -2.06. The zero-order valence-corrected chi connectivity index (χ0v) is 13.5. The van der Waals surface area contributed by atoms with Crippen LogP contribution in [0.1, 0.15) is 18.4 Å². The molecule has 2 aromatic rings. The Hall–Kier alpha value is -1.85. The highest BCUT2D eigenvalue weighted by molar-refractivity contribution is 7.98. The molecule has 1 amide bonds. The van der Waals surface area contributed by atoms with Crippen LogP contribution in [0.4, 0.5) is 5.69 Å². The fourth-order valence-corrected chi connectivity index (χ4v) is 2.77. The second kappa shape index (κ2) is 9.23. The fourth-order valence-electron chi connectivity index (χ4n) is 1.93. The summed E-state index contributed by atoms with van der Waals surface area (Å²) in [5.74, 6) is 0.954. The topological polar surface area (TPSA) is 54.0 Å². The molecule has 1 aromatic heterocycles. The number of thioether (sulfide) groups is 1. The average Bonchev–Trinajstić information content (AvgIpc) is 2.55. The van der Waals surface area contributed by atoms with Gasteiger partial charge in [0.25, 0.3) is 0 Å². The van der Waals surface area contributed by atoms with Gasteiger partial charge < -0.3 is 10.6 Å². The van der Waals surface area contributed by atoms with Gasteiger partial charge in [-0.2, -0.15) is 0 Å². The first-order chi connectivity index (χ1) is 10.8. The SMILES string of the molecule is CNCCCC(=O)Nc1ccc(SCc2cccnc2)cc1. The van der Waals surface area contributed by atoms with Crippen molar-refractivity contribution in [1.29, 1.82) is 0 Å². The van der Waals surface area contributed by atoms with Crippen molar-refractivity contribution in [2.45, 2.75) is 23.5 Å². The minimum Gasteiger partial charge on any atom is -0.326 e. The number of carbonyl (C=O) groups excluding carboxylic acids is 1. The summed E-state index contributed by atoms with van der Waals surface area (Å²) in [7, 11) is 1.89. The molecular formula is C17H21N3OS. The van der Waals surface area contributed by atoms with Crippen LogP contribution in [0.25, 0.3) is 0 Å². The molecule has 0 spiro atoms. The quantitative estimate of drug-likeness (QED) is 0.579. The molecular weight excluding hydrogens is 294 g/mol. The van der Waals surface area contributed by atoms with E-state index >= 15 is 0 Å². The zero-order valence-electron chi connectivity index (χ0n) is 12.7. The highest BCUT2D eigenvalue weighted by Crippen LogP contribution is 2.23. The minimum atomic E-state index is 0.0611. The molecule has 0 bridgehead atoms. The number of pyridine rings is 1. The molecule has 2 rings (SSSR count). The van der Waals surface area contributed by atoms with Crippen LogP contribution in [-0.4, -0.2) is 24.5 Å². The van der Waals surface area contributed by atoms with E-state index < -0.39 is 0 Å². The van der Waals surface area contributed by atoms with E-state index in [4.69, 9.17) is 0 Å². The predicted molar refractivity (Wildman–Crippen MR) is 92.0 cm³/mol. The number of nitrogens with zero attached hydrogens (tertiary/aromatic N) is 1. The summed E-state index contributed by atoms with van der Waals surface area (Å²) in [5, 5.41) is 5.95. The maximum Gasteiger partial charge on any atom is 0.224 e. The highest BCUT2D eigenvalue weighted by Gasteiger charge is 2.02. The number of aromatic nitrogens is 1. The summed E-state index contributed by atoms with van der Waals surface area (Å²) in [5.41, 5.74) is 2.05. The third kappa shape index (κ3) is 5.87. The van der Waals surface area contributed by atoms with Gasteiger partial charge in [-0.05, 0) is 55.9 Å². The second-order valence-electron chi connectivity index (χ2n) is 4.93. The summed E-state index contributed by atoms with van der Waals surface area (Å²) >= 11 is 1.76. The van der Waals surface area contributed by atoms with Gasteiger partial charge in [-0.25, -0.2) is 0 Å². The molecule has 0 aliphatic carbocycles. The Morgan fingerprint density at radius 1 is 1.23 bits per heavy atom. The van der Waals surface area contributed by atoms with E-state index in [0.717, 1.165) is 24.4 Å². The Morgan fingerprint density at radius 2 is 2.05 bits per heavy atom. The van der Waals surface area contributed by atoms with Crippen molar-refractivity contribution in [3.63, 3.8) is 0 Å². The Kier molecular flexibility index (Phi) is 6.93. The van der Waals surface area contributed by atoms with Crippen molar-refractivity contribution in [3.8, 4) is 0 Å². The summed E-state index contributed by atoms with van der Waals surface area (Å²) in [4.78, 5) is 17.0. The number of nitrogens with one attached hydrogen (secondary N) is 2. The summed E-state index contributed by atoms with van der Waals surface area (Å²) in [6.45, 7) is 0.858. The van der Waals surface area contributed by atoms with Crippen molar-refractivity contribution in [3.05, 3.63) is 54.4 Å². The second-order valence-corrected chi connectivity index (χ2v) is 5.98. The van der Waals surface area contributed by atoms with Gasteiger partial charge in [0.1, 0.15) is 0 Å². The van der Waals surface area contributed by atoms with Crippen molar-refractivity contribution in [1.82, 2.24) is 10.3 Å². The number of hydrogen-bond acceptors (Lipinski definition) is 4. The molecule has 0 saturated heterocycles. The molecule has 1 heterocycles. The molecule has 22 heavy (non-hydrogen) atoms. The first kappa shape index (κ1) is 16.5. The third-order valence-electron chi connectivity index (χ3n) is 3.10. The van der Waals surface area contributed by atoms with Crippen LogP contribution in [0.3, 0.4) is 0 Å². The van der Waals surface area contributed by atoms with Crippen molar-refractivity contribution >= 4 is 23.4 Å². The van der Waals surface area contributed by atoms with Crippen LogP contribution in [0.5, 0.6) is 0 Å². The molecule has 0 fully saturated rings. The van der Waals surface area contributed by atoms with Crippen LogP contribution in [-0.2, 0) is 10.5 Å². The number of rotatable bonds is 8. The van der Waals surface area contributed by atoms with E-state index in [1.807, 2.05) is 43.6 Å².